The first kappa shape index (κ1) is 11.8. The van der Waals surface area contributed by atoms with Crippen LogP contribution < -0.4 is 5.73 Å². The maximum absolute atomic E-state index is 5.97. The van der Waals surface area contributed by atoms with Gasteiger partial charge in [-0.05, 0) is 19.1 Å². The van der Waals surface area contributed by atoms with Gasteiger partial charge in [0.05, 0.1) is 5.52 Å². The Morgan fingerprint density at radius 2 is 1.95 bits per heavy atom. The average molecular weight is 276 g/mol. The topological polar surface area (TPSA) is 93.4 Å². The number of pyridine rings is 1. The Morgan fingerprint density at radius 3 is 2.86 bits per heavy atom. The van der Waals surface area contributed by atoms with Crippen LogP contribution in [0.25, 0.3) is 33.5 Å². The zero-order chi connectivity index (χ0) is 14.4. The van der Waals surface area contributed by atoms with Gasteiger partial charge in [-0.15, -0.1) is 0 Å². The normalized spacial score (nSPS) is 11.3. The van der Waals surface area contributed by atoms with Crippen molar-refractivity contribution in [3.63, 3.8) is 0 Å². The summed E-state index contributed by atoms with van der Waals surface area (Å²) in [4.78, 5) is 20.6. The van der Waals surface area contributed by atoms with Gasteiger partial charge in [0.1, 0.15) is 11.3 Å². The van der Waals surface area contributed by atoms with Gasteiger partial charge in [-0.3, -0.25) is 4.98 Å². The van der Waals surface area contributed by atoms with E-state index in [1.807, 2.05) is 37.3 Å². The summed E-state index contributed by atoms with van der Waals surface area (Å²) in [7, 11) is 0. The maximum Gasteiger partial charge on any atom is 0.165 e. The van der Waals surface area contributed by atoms with E-state index in [9.17, 15) is 0 Å². The lowest BCUT2D eigenvalue weighted by Crippen LogP contribution is -1.98. The first-order chi connectivity index (χ1) is 10.2. The van der Waals surface area contributed by atoms with Crippen LogP contribution in [0.3, 0.4) is 0 Å². The van der Waals surface area contributed by atoms with Gasteiger partial charge in [-0.1, -0.05) is 18.2 Å². The smallest absolute Gasteiger partial charge is 0.165 e. The van der Waals surface area contributed by atoms with Crippen LogP contribution >= 0.6 is 0 Å². The number of nitrogens with zero attached hydrogens (tertiary/aromatic N) is 4. The highest BCUT2D eigenvalue weighted by Crippen LogP contribution is 2.23. The number of nitrogens with one attached hydrogen (secondary N) is 1. The van der Waals surface area contributed by atoms with E-state index in [2.05, 4.69) is 24.9 Å². The molecule has 0 aliphatic carbocycles. The van der Waals surface area contributed by atoms with Gasteiger partial charge in [0.2, 0.25) is 0 Å². The van der Waals surface area contributed by atoms with Crippen molar-refractivity contribution in [1.29, 1.82) is 0 Å². The molecule has 0 fully saturated rings. The molecular formula is C15H12N6. The number of anilines is 1. The van der Waals surface area contributed by atoms with Crippen molar-refractivity contribution < 1.29 is 0 Å². The van der Waals surface area contributed by atoms with E-state index in [-0.39, 0.29) is 0 Å². The monoisotopic (exact) mass is 276 g/mol. The van der Waals surface area contributed by atoms with Gasteiger partial charge >= 0.3 is 0 Å². The minimum atomic E-state index is 0.368. The molecular weight excluding hydrogens is 264 g/mol. The minimum absolute atomic E-state index is 0.368. The maximum atomic E-state index is 5.97. The molecule has 1 aromatic carbocycles. The van der Waals surface area contributed by atoms with Crippen LogP contribution in [0.15, 0.2) is 36.5 Å². The number of hydrogen-bond acceptors (Lipinski definition) is 5. The molecule has 0 spiro atoms. The first-order valence-corrected chi connectivity index (χ1v) is 6.56. The third-order valence-electron chi connectivity index (χ3n) is 3.34. The summed E-state index contributed by atoms with van der Waals surface area (Å²) < 4.78 is 0. The van der Waals surface area contributed by atoms with Gasteiger partial charge in [0.15, 0.2) is 17.3 Å². The number of nitrogens with two attached hydrogens (primary N) is 1. The average Bonchev–Trinajstić information content (AvgIpc) is 2.88. The molecule has 4 rings (SSSR count). The lowest BCUT2D eigenvalue weighted by atomic mass is 10.1. The lowest BCUT2D eigenvalue weighted by Gasteiger charge is -2.03. The van der Waals surface area contributed by atoms with Gasteiger partial charge in [0, 0.05) is 17.1 Å². The number of nitrogen functional groups attached to an aromatic ring is 1. The largest absolute Gasteiger partial charge is 0.382 e. The van der Waals surface area contributed by atoms with E-state index < -0.39 is 0 Å². The van der Waals surface area contributed by atoms with Gasteiger partial charge < -0.3 is 10.7 Å². The molecule has 3 heterocycles. The Morgan fingerprint density at radius 1 is 1.10 bits per heavy atom. The van der Waals surface area contributed by atoms with E-state index in [0.29, 0.717) is 22.8 Å². The van der Waals surface area contributed by atoms with Gasteiger partial charge in [-0.2, -0.15) is 0 Å². The number of aromatic amines is 1. The number of hydrogen-bond donors (Lipinski definition) is 2. The van der Waals surface area contributed by atoms with E-state index in [1.54, 1.807) is 6.20 Å². The Bertz CT molecular complexity index is 972. The molecule has 0 radical (unpaired) electrons. The molecule has 0 bridgehead atoms. The highest BCUT2D eigenvalue weighted by atomic mass is 15.1. The van der Waals surface area contributed by atoms with Crippen LogP contribution in [0.4, 0.5) is 5.82 Å². The number of aryl methyl sites for hydroxylation is 1. The summed E-state index contributed by atoms with van der Waals surface area (Å²) in [6.07, 6.45) is 1.76. The second-order valence-corrected chi connectivity index (χ2v) is 4.87. The number of aromatic nitrogens is 5. The van der Waals surface area contributed by atoms with Crippen LogP contribution in [-0.2, 0) is 0 Å². The molecule has 3 N–H and O–H groups in total. The lowest BCUT2D eigenvalue weighted by molar-refractivity contribution is 1.16. The van der Waals surface area contributed by atoms with E-state index in [1.165, 1.54) is 0 Å². The third kappa shape index (κ3) is 1.88. The minimum Gasteiger partial charge on any atom is -0.382 e. The van der Waals surface area contributed by atoms with Crippen molar-refractivity contribution in [3.05, 3.63) is 42.4 Å². The zero-order valence-electron chi connectivity index (χ0n) is 11.3. The van der Waals surface area contributed by atoms with E-state index >= 15 is 0 Å². The number of para-hydroxylation sites is 1. The molecule has 0 aliphatic rings. The number of H-pyrrole nitrogens is 1. The van der Waals surface area contributed by atoms with Crippen LogP contribution in [-0.4, -0.2) is 24.9 Å². The summed E-state index contributed by atoms with van der Waals surface area (Å²) in [6.45, 7) is 1.86. The molecule has 102 valence electrons. The summed E-state index contributed by atoms with van der Waals surface area (Å²) >= 11 is 0. The summed E-state index contributed by atoms with van der Waals surface area (Å²) in [5.41, 5.74) is 8.98. The highest BCUT2D eigenvalue weighted by molar-refractivity contribution is 5.86. The van der Waals surface area contributed by atoms with Gasteiger partial charge in [-0.25, -0.2) is 15.0 Å². The molecule has 3 aromatic heterocycles. The molecule has 6 heteroatoms. The number of imidazole rings is 1. The number of fused-ring (bicyclic) bond motifs is 2. The first-order valence-electron chi connectivity index (χ1n) is 6.56. The Kier molecular flexibility index (Phi) is 2.38. The Balaban J connectivity index is 1.94. The van der Waals surface area contributed by atoms with Crippen molar-refractivity contribution in [1.82, 2.24) is 24.9 Å². The SMILES string of the molecule is Cc1nc2c(N)nc(-c3cnc4ccccc4c3)nc2[nH]1. The number of benzene rings is 1. The van der Waals surface area contributed by atoms with Crippen molar-refractivity contribution in [2.75, 3.05) is 5.73 Å². The highest BCUT2D eigenvalue weighted by Gasteiger charge is 2.11. The summed E-state index contributed by atoms with van der Waals surface area (Å²) in [5.74, 6) is 1.68. The van der Waals surface area contributed by atoms with Crippen LogP contribution in [0.1, 0.15) is 5.82 Å². The molecule has 21 heavy (non-hydrogen) atoms. The number of rotatable bonds is 1. The zero-order valence-corrected chi connectivity index (χ0v) is 11.3. The fourth-order valence-electron chi connectivity index (χ4n) is 2.36. The fraction of sp³-hybridized carbons (Fsp3) is 0.0667. The standard InChI is InChI=1S/C15H12N6/c1-8-18-12-13(16)20-14(21-15(12)19-8)10-6-9-4-2-3-5-11(9)17-7-10/h2-7H,1H3,(H3,16,18,19,20,21). The quantitative estimate of drug-likeness (QED) is 0.557. The molecule has 0 atom stereocenters. The Labute approximate surface area is 120 Å². The Hall–Kier alpha value is -3.02. The molecule has 0 unspecified atom stereocenters. The van der Waals surface area contributed by atoms with Crippen molar-refractivity contribution in [2.45, 2.75) is 6.92 Å². The third-order valence-corrected chi connectivity index (χ3v) is 3.34. The van der Waals surface area contributed by atoms with E-state index in [4.69, 9.17) is 5.73 Å². The van der Waals surface area contributed by atoms with Gasteiger partial charge in [0.25, 0.3) is 0 Å². The molecule has 4 aromatic rings. The second-order valence-electron chi connectivity index (χ2n) is 4.87. The summed E-state index contributed by atoms with van der Waals surface area (Å²) in [6, 6.07) is 9.92. The molecule has 0 saturated carbocycles. The van der Waals surface area contributed by atoms with Crippen LogP contribution in [0.5, 0.6) is 0 Å². The molecule has 0 amide bonds. The van der Waals surface area contributed by atoms with Crippen molar-refractivity contribution in [3.8, 4) is 11.4 Å². The van der Waals surface area contributed by atoms with Crippen molar-refractivity contribution >= 4 is 27.9 Å². The molecule has 6 nitrogen and oxygen atoms in total. The molecule has 0 saturated heterocycles. The predicted octanol–water partition coefficient (Wildman–Crippen LogP) is 2.46. The van der Waals surface area contributed by atoms with Crippen LogP contribution in [0, 0.1) is 6.92 Å². The second kappa shape index (κ2) is 4.24. The summed E-state index contributed by atoms with van der Waals surface area (Å²) in [5, 5.41) is 1.04. The van der Waals surface area contributed by atoms with Crippen molar-refractivity contribution in [2.24, 2.45) is 0 Å². The predicted molar refractivity (Wildman–Crippen MR) is 81.6 cm³/mol. The molecule has 0 aliphatic heterocycles. The van der Waals surface area contributed by atoms with Crippen LogP contribution in [0.2, 0.25) is 0 Å². The fourth-order valence-corrected chi connectivity index (χ4v) is 2.36. The van der Waals surface area contributed by atoms with E-state index in [0.717, 1.165) is 22.3 Å².